The standard InChI is InChI=1S/C22H22N2O3/c1-3-14-27-21-13-12-16-8-4-5-9-17(16)19(21)15-23-24-22(25)18-10-6-7-11-20(18)26-2/h4-13,15H,3,14H2,1-2H3,(H,24,25)/b23-15-. The van der Waals surface area contributed by atoms with E-state index in [0.717, 1.165) is 28.5 Å². The fourth-order valence-electron chi connectivity index (χ4n) is 2.79. The average Bonchev–Trinajstić information content (AvgIpc) is 2.72. The van der Waals surface area contributed by atoms with Crippen LogP contribution in [0.2, 0.25) is 0 Å². The molecule has 0 spiro atoms. The van der Waals surface area contributed by atoms with Crippen LogP contribution in [0.4, 0.5) is 0 Å². The molecular weight excluding hydrogens is 340 g/mol. The van der Waals surface area contributed by atoms with E-state index >= 15 is 0 Å². The molecule has 3 aromatic rings. The fraction of sp³-hybridized carbons (Fsp3) is 0.182. The summed E-state index contributed by atoms with van der Waals surface area (Å²) in [5.74, 6) is 0.910. The molecule has 1 amide bonds. The highest BCUT2D eigenvalue weighted by Crippen LogP contribution is 2.27. The largest absolute Gasteiger partial charge is 0.496 e. The van der Waals surface area contributed by atoms with Crippen LogP contribution in [0, 0.1) is 0 Å². The second-order valence-electron chi connectivity index (χ2n) is 5.95. The molecule has 0 heterocycles. The number of benzene rings is 3. The molecule has 3 rings (SSSR count). The van der Waals surface area contributed by atoms with E-state index < -0.39 is 0 Å². The zero-order valence-corrected chi connectivity index (χ0v) is 15.4. The third kappa shape index (κ3) is 4.26. The summed E-state index contributed by atoms with van der Waals surface area (Å²) in [7, 11) is 1.53. The van der Waals surface area contributed by atoms with Gasteiger partial charge < -0.3 is 9.47 Å². The second-order valence-corrected chi connectivity index (χ2v) is 5.95. The van der Waals surface area contributed by atoms with Gasteiger partial charge in [-0.25, -0.2) is 5.43 Å². The number of hydrogen-bond acceptors (Lipinski definition) is 4. The number of fused-ring (bicyclic) bond motifs is 1. The van der Waals surface area contributed by atoms with Crippen molar-refractivity contribution in [1.82, 2.24) is 5.43 Å². The molecular formula is C22H22N2O3. The Kier molecular flexibility index (Phi) is 6.05. The van der Waals surface area contributed by atoms with E-state index in [2.05, 4.69) is 17.5 Å². The lowest BCUT2D eigenvalue weighted by Crippen LogP contribution is -2.18. The van der Waals surface area contributed by atoms with E-state index in [-0.39, 0.29) is 5.91 Å². The summed E-state index contributed by atoms with van der Waals surface area (Å²) in [5.41, 5.74) is 3.83. The molecule has 0 saturated carbocycles. The summed E-state index contributed by atoms with van der Waals surface area (Å²) >= 11 is 0. The van der Waals surface area contributed by atoms with Crippen molar-refractivity contribution in [3.8, 4) is 11.5 Å². The third-order valence-electron chi connectivity index (χ3n) is 4.10. The lowest BCUT2D eigenvalue weighted by molar-refractivity contribution is 0.0952. The van der Waals surface area contributed by atoms with E-state index in [1.807, 2.05) is 42.5 Å². The normalized spacial score (nSPS) is 10.9. The molecule has 1 N–H and O–H groups in total. The van der Waals surface area contributed by atoms with E-state index in [0.29, 0.717) is 17.9 Å². The first-order chi connectivity index (χ1) is 13.2. The minimum atomic E-state index is -0.333. The molecule has 5 nitrogen and oxygen atoms in total. The van der Waals surface area contributed by atoms with Gasteiger partial charge in [-0.3, -0.25) is 4.79 Å². The van der Waals surface area contributed by atoms with Crippen LogP contribution < -0.4 is 14.9 Å². The van der Waals surface area contributed by atoms with Gasteiger partial charge in [-0.2, -0.15) is 5.10 Å². The Hall–Kier alpha value is -3.34. The van der Waals surface area contributed by atoms with Gasteiger partial charge >= 0.3 is 0 Å². The van der Waals surface area contributed by atoms with E-state index in [1.165, 1.54) is 7.11 Å². The molecule has 3 aromatic carbocycles. The number of nitrogens with one attached hydrogen (secondary N) is 1. The minimum Gasteiger partial charge on any atom is -0.496 e. The Balaban J connectivity index is 1.87. The third-order valence-corrected chi connectivity index (χ3v) is 4.10. The molecule has 0 fully saturated rings. The Bertz CT molecular complexity index is 967. The number of amides is 1. The van der Waals surface area contributed by atoms with Gasteiger partial charge in [0.25, 0.3) is 5.91 Å². The number of methoxy groups -OCH3 is 1. The molecule has 5 heteroatoms. The first-order valence-electron chi connectivity index (χ1n) is 8.85. The summed E-state index contributed by atoms with van der Waals surface area (Å²) in [6.07, 6.45) is 2.54. The Labute approximate surface area is 158 Å². The van der Waals surface area contributed by atoms with E-state index in [9.17, 15) is 4.79 Å². The summed E-state index contributed by atoms with van der Waals surface area (Å²) < 4.78 is 11.1. The van der Waals surface area contributed by atoms with Crippen molar-refractivity contribution in [2.24, 2.45) is 5.10 Å². The average molecular weight is 362 g/mol. The molecule has 0 aromatic heterocycles. The van der Waals surface area contributed by atoms with Crippen molar-refractivity contribution in [3.05, 3.63) is 71.8 Å². The van der Waals surface area contributed by atoms with Crippen molar-refractivity contribution in [2.75, 3.05) is 13.7 Å². The highest BCUT2D eigenvalue weighted by molar-refractivity contribution is 6.03. The molecule has 0 atom stereocenters. The van der Waals surface area contributed by atoms with Crippen LogP contribution in [0.25, 0.3) is 10.8 Å². The van der Waals surface area contributed by atoms with Gasteiger partial charge in [0, 0.05) is 5.56 Å². The Morgan fingerprint density at radius 3 is 2.63 bits per heavy atom. The quantitative estimate of drug-likeness (QED) is 0.500. The maximum Gasteiger partial charge on any atom is 0.275 e. The Morgan fingerprint density at radius 2 is 1.81 bits per heavy atom. The fourth-order valence-corrected chi connectivity index (χ4v) is 2.79. The number of hydrogen-bond donors (Lipinski definition) is 1. The predicted octanol–water partition coefficient (Wildman–Crippen LogP) is 4.40. The van der Waals surface area contributed by atoms with Crippen LogP contribution in [0.15, 0.2) is 65.8 Å². The number of carbonyl (C=O) groups is 1. The smallest absolute Gasteiger partial charge is 0.275 e. The number of nitrogens with zero attached hydrogens (tertiary/aromatic N) is 1. The van der Waals surface area contributed by atoms with E-state index in [4.69, 9.17) is 9.47 Å². The molecule has 0 aliphatic carbocycles. The zero-order chi connectivity index (χ0) is 19.1. The van der Waals surface area contributed by atoms with Crippen LogP contribution in [0.5, 0.6) is 11.5 Å². The van der Waals surface area contributed by atoms with Crippen LogP contribution in [0.3, 0.4) is 0 Å². The molecule has 0 bridgehead atoms. The molecule has 27 heavy (non-hydrogen) atoms. The zero-order valence-electron chi connectivity index (χ0n) is 15.4. The van der Waals surface area contributed by atoms with Gasteiger partial charge in [0.05, 0.1) is 25.5 Å². The van der Waals surface area contributed by atoms with Crippen molar-refractivity contribution >= 4 is 22.9 Å². The van der Waals surface area contributed by atoms with Crippen LogP contribution >= 0.6 is 0 Å². The predicted molar refractivity (Wildman–Crippen MR) is 108 cm³/mol. The first-order valence-corrected chi connectivity index (χ1v) is 8.85. The van der Waals surface area contributed by atoms with Gasteiger partial charge in [0.1, 0.15) is 11.5 Å². The van der Waals surface area contributed by atoms with Gasteiger partial charge in [0.2, 0.25) is 0 Å². The maximum absolute atomic E-state index is 12.4. The van der Waals surface area contributed by atoms with Crippen molar-refractivity contribution in [3.63, 3.8) is 0 Å². The molecule has 0 saturated heterocycles. The van der Waals surface area contributed by atoms with Gasteiger partial charge in [-0.05, 0) is 35.4 Å². The number of carbonyl (C=O) groups excluding carboxylic acids is 1. The Morgan fingerprint density at radius 1 is 1.04 bits per heavy atom. The number of hydrazone groups is 1. The molecule has 0 unspecified atom stereocenters. The monoisotopic (exact) mass is 362 g/mol. The first kappa shape index (κ1) is 18.5. The molecule has 0 radical (unpaired) electrons. The van der Waals surface area contributed by atoms with Crippen LogP contribution in [-0.2, 0) is 0 Å². The topological polar surface area (TPSA) is 59.9 Å². The lowest BCUT2D eigenvalue weighted by atomic mass is 10.0. The summed E-state index contributed by atoms with van der Waals surface area (Å²) in [5, 5.41) is 6.25. The van der Waals surface area contributed by atoms with Crippen LogP contribution in [0.1, 0.15) is 29.3 Å². The number of para-hydroxylation sites is 1. The van der Waals surface area contributed by atoms with Gasteiger partial charge in [-0.15, -0.1) is 0 Å². The van der Waals surface area contributed by atoms with Gasteiger partial charge in [0.15, 0.2) is 0 Å². The lowest BCUT2D eigenvalue weighted by Gasteiger charge is -2.11. The van der Waals surface area contributed by atoms with Crippen molar-refractivity contribution in [2.45, 2.75) is 13.3 Å². The van der Waals surface area contributed by atoms with Crippen LogP contribution in [-0.4, -0.2) is 25.8 Å². The minimum absolute atomic E-state index is 0.333. The highest BCUT2D eigenvalue weighted by atomic mass is 16.5. The van der Waals surface area contributed by atoms with Crippen molar-refractivity contribution < 1.29 is 14.3 Å². The second kappa shape index (κ2) is 8.85. The number of ether oxygens (including phenoxy) is 2. The molecule has 0 aliphatic rings. The summed E-state index contributed by atoms with van der Waals surface area (Å²) in [4.78, 5) is 12.4. The maximum atomic E-state index is 12.4. The molecule has 0 aliphatic heterocycles. The summed E-state index contributed by atoms with van der Waals surface area (Å²) in [6, 6.07) is 19.0. The molecule has 138 valence electrons. The highest BCUT2D eigenvalue weighted by Gasteiger charge is 2.11. The van der Waals surface area contributed by atoms with Crippen molar-refractivity contribution in [1.29, 1.82) is 0 Å². The SMILES string of the molecule is CCCOc1ccc2ccccc2c1/C=N\NC(=O)c1ccccc1OC. The summed E-state index contributed by atoms with van der Waals surface area (Å²) in [6.45, 7) is 2.68. The number of rotatable bonds is 7. The van der Waals surface area contributed by atoms with Gasteiger partial charge in [-0.1, -0.05) is 49.4 Å². The van der Waals surface area contributed by atoms with E-state index in [1.54, 1.807) is 24.4 Å².